The molecule has 1 amide bonds. The van der Waals surface area contributed by atoms with E-state index in [2.05, 4.69) is 30.6 Å². The number of ether oxygens (including phenoxy) is 1. The smallest absolute Gasteiger partial charge is 0.242 e. The van der Waals surface area contributed by atoms with Crippen molar-refractivity contribution in [3.05, 3.63) is 36.4 Å². The van der Waals surface area contributed by atoms with Crippen LogP contribution >= 0.6 is 0 Å². The number of rotatable bonds is 5. The second-order valence-corrected chi connectivity index (χ2v) is 6.49. The zero-order valence-corrected chi connectivity index (χ0v) is 15.2. The van der Waals surface area contributed by atoms with Crippen LogP contribution in [0.2, 0.25) is 0 Å². The Morgan fingerprint density at radius 1 is 1.26 bits per heavy atom. The molecule has 1 saturated heterocycles. The molecule has 1 aliphatic rings. The van der Waals surface area contributed by atoms with Crippen LogP contribution in [-0.4, -0.2) is 63.5 Å². The highest BCUT2D eigenvalue weighted by molar-refractivity contribution is 6.01. The number of fused-ring (bicyclic) bond motifs is 1. The summed E-state index contributed by atoms with van der Waals surface area (Å²) >= 11 is 0. The molecule has 0 spiro atoms. The largest absolute Gasteiger partial charge is 0.379 e. The molecule has 1 fully saturated rings. The van der Waals surface area contributed by atoms with Crippen LogP contribution in [0.15, 0.2) is 36.4 Å². The number of H-pyrrole nitrogens is 1. The summed E-state index contributed by atoms with van der Waals surface area (Å²) in [5.74, 6) is 0.416. The van der Waals surface area contributed by atoms with Gasteiger partial charge < -0.3 is 10.1 Å². The molecule has 3 heterocycles. The first-order chi connectivity index (χ1) is 13.3. The Labute approximate surface area is 156 Å². The number of amides is 1. The van der Waals surface area contributed by atoms with Crippen LogP contribution in [-0.2, 0) is 9.53 Å². The maximum Gasteiger partial charge on any atom is 0.242 e. The maximum absolute atomic E-state index is 12.9. The zero-order chi connectivity index (χ0) is 18.6. The topological polar surface area (TPSA) is 96.0 Å². The molecule has 0 aliphatic carbocycles. The van der Waals surface area contributed by atoms with Crippen molar-refractivity contribution in [1.29, 1.82) is 0 Å². The van der Waals surface area contributed by atoms with E-state index in [1.807, 2.05) is 43.3 Å². The maximum atomic E-state index is 12.9. The van der Waals surface area contributed by atoms with Gasteiger partial charge >= 0.3 is 0 Å². The molecule has 140 valence electrons. The van der Waals surface area contributed by atoms with E-state index in [4.69, 9.17) is 4.74 Å². The summed E-state index contributed by atoms with van der Waals surface area (Å²) in [6, 6.07) is 11.5. The minimum absolute atomic E-state index is 0.0640. The van der Waals surface area contributed by atoms with Gasteiger partial charge in [-0.25, -0.2) is 0 Å². The molecule has 3 aromatic rings. The number of carbonyl (C=O) groups is 1. The lowest BCUT2D eigenvalue weighted by atomic mass is 10.1. The predicted octanol–water partition coefficient (Wildman–Crippen LogP) is 2.07. The highest BCUT2D eigenvalue weighted by Crippen LogP contribution is 2.24. The molecule has 1 unspecified atom stereocenters. The average molecular weight is 366 g/mol. The fourth-order valence-electron chi connectivity index (χ4n) is 3.37. The molecule has 2 aromatic heterocycles. The van der Waals surface area contributed by atoms with Gasteiger partial charge in [0.1, 0.15) is 0 Å². The third-order valence-electron chi connectivity index (χ3n) is 4.81. The number of carbonyl (C=O) groups excluding carboxylic acids is 1. The average Bonchev–Trinajstić information content (AvgIpc) is 3.12. The molecule has 4 rings (SSSR count). The lowest BCUT2D eigenvalue weighted by Crippen LogP contribution is -2.49. The van der Waals surface area contributed by atoms with Gasteiger partial charge in [-0.1, -0.05) is 37.3 Å². The molecule has 2 N–H and O–H groups in total. The molecule has 1 aromatic carbocycles. The van der Waals surface area contributed by atoms with Crippen LogP contribution in [0, 0.1) is 0 Å². The van der Waals surface area contributed by atoms with E-state index in [0.29, 0.717) is 24.7 Å². The number of benzene rings is 1. The summed E-state index contributed by atoms with van der Waals surface area (Å²) in [4.78, 5) is 15.0. The summed E-state index contributed by atoms with van der Waals surface area (Å²) in [6.45, 7) is 4.85. The highest BCUT2D eigenvalue weighted by atomic mass is 16.5. The number of nitrogens with one attached hydrogen (secondary N) is 2. The summed E-state index contributed by atoms with van der Waals surface area (Å²) in [5, 5.41) is 19.2. The van der Waals surface area contributed by atoms with E-state index < -0.39 is 0 Å². The van der Waals surface area contributed by atoms with Crippen LogP contribution < -0.4 is 5.32 Å². The molecule has 0 saturated carbocycles. The fourth-order valence-corrected chi connectivity index (χ4v) is 3.37. The third kappa shape index (κ3) is 3.67. The summed E-state index contributed by atoms with van der Waals surface area (Å²) in [6.07, 6.45) is 0.725. The van der Waals surface area contributed by atoms with Crippen LogP contribution in [0.5, 0.6) is 0 Å². The zero-order valence-electron chi connectivity index (χ0n) is 15.2. The standard InChI is InChI=1S/C19H22N6O2/c1-2-16(25-8-10-27-11-9-25)19(26)20-17-14-12-15(13-6-4-3-5-7-13)21-23-18(14)24-22-17/h3-7,12,16H,2,8-11H2,1H3,(H2,20,22,23,24,26). The minimum Gasteiger partial charge on any atom is -0.379 e. The Bertz CT molecular complexity index is 920. The van der Waals surface area contributed by atoms with Crippen LogP contribution in [0.25, 0.3) is 22.3 Å². The van der Waals surface area contributed by atoms with Crippen molar-refractivity contribution >= 4 is 22.8 Å². The van der Waals surface area contributed by atoms with E-state index in [9.17, 15) is 4.79 Å². The van der Waals surface area contributed by atoms with Gasteiger partial charge in [0.2, 0.25) is 5.91 Å². The van der Waals surface area contributed by atoms with Gasteiger partial charge in [0.25, 0.3) is 0 Å². The number of hydrogen-bond donors (Lipinski definition) is 2. The Hall–Kier alpha value is -2.84. The first-order valence-electron chi connectivity index (χ1n) is 9.16. The second-order valence-electron chi connectivity index (χ2n) is 6.49. The van der Waals surface area contributed by atoms with Crippen molar-refractivity contribution < 1.29 is 9.53 Å². The Balaban J connectivity index is 1.58. The number of nitrogens with zero attached hydrogens (tertiary/aromatic N) is 4. The van der Waals surface area contributed by atoms with Gasteiger partial charge in [0, 0.05) is 18.7 Å². The fraction of sp³-hybridized carbons (Fsp3) is 0.368. The summed E-state index contributed by atoms with van der Waals surface area (Å²) in [7, 11) is 0. The number of aromatic nitrogens is 4. The van der Waals surface area contributed by atoms with Gasteiger partial charge in [-0.05, 0) is 12.5 Å². The quantitative estimate of drug-likeness (QED) is 0.718. The lowest BCUT2D eigenvalue weighted by molar-refractivity contribution is -0.123. The lowest BCUT2D eigenvalue weighted by Gasteiger charge is -2.32. The number of aromatic amines is 1. The monoisotopic (exact) mass is 366 g/mol. The molecule has 0 bridgehead atoms. The number of anilines is 1. The number of morpholine rings is 1. The van der Waals surface area contributed by atoms with Crippen LogP contribution in [0.4, 0.5) is 5.82 Å². The van der Waals surface area contributed by atoms with Crippen molar-refractivity contribution in [3.63, 3.8) is 0 Å². The third-order valence-corrected chi connectivity index (χ3v) is 4.81. The molecular weight excluding hydrogens is 344 g/mol. The van der Waals surface area contributed by atoms with Gasteiger partial charge in [0.15, 0.2) is 11.5 Å². The van der Waals surface area contributed by atoms with E-state index in [-0.39, 0.29) is 11.9 Å². The molecule has 27 heavy (non-hydrogen) atoms. The molecule has 0 radical (unpaired) electrons. The van der Waals surface area contributed by atoms with Crippen molar-refractivity contribution in [2.45, 2.75) is 19.4 Å². The van der Waals surface area contributed by atoms with E-state index in [1.54, 1.807) is 0 Å². The van der Waals surface area contributed by atoms with Gasteiger partial charge in [-0.15, -0.1) is 10.2 Å². The first kappa shape index (κ1) is 17.6. The SMILES string of the molecule is CCC(C(=O)Nc1n[nH]c2nnc(-c3ccccc3)cc12)N1CCOCC1. The molecule has 1 atom stereocenters. The van der Waals surface area contributed by atoms with Crippen molar-refractivity contribution in [3.8, 4) is 11.3 Å². The van der Waals surface area contributed by atoms with Crippen molar-refractivity contribution in [2.24, 2.45) is 0 Å². The van der Waals surface area contributed by atoms with Gasteiger partial charge in [0.05, 0.1) is 30.3 Å². The van der Waals surface area contributed by atoms with E-state index in [1.165, 1.54) is 0 Å². The van der Waals surface area contributed by atoms with Gasteiger partial charge in [-0.2, -0.15) is 5.10 Å². The molecule has 8 heteroatoms. The summed E-state index contributed by atoms with van der Waals surface area (Å²) < 4.78 is 5.39. The van der Waals surface area contributed by atoms with E-state index in [0.717, 1.165) is 36.2 Å². The Morgan fingerprint density at radius 3 is 2.78 bits per heavy atom. The van der Waals surface area contributed by atoms with Crippen molar-refractivity contribution in [1.82, 2.24) is 25.3 Å². The van der Waals surface area contributed by atoms with Gasteiger partial charge in [-0.3, -0.25) is 14.8 Å². The van der Waals surface area contributed by atoms with Crippen molar-refractivity contribution in [2.75, 3.05) is 31.6 Å². The Kier molecular flexibility index (Phi) is 5.08. The second kappa shape index (κ2) is 7.81. The summed E-state index contributed by atoms with van der Waals surface area (Å²) in [5.41, 5.74) is 2.25. The normalized spacial score (nSPS) is 16.3. The first-order valence-corrected chi connectivity index (χ1v) is 9.16. The molecular formula is C19H22N6O2. The Morgan fingerprint density at radius 2 is 2.04 bits per heavy atom. The number of hydrogen-bond acceptors (Lipinski definition) is 6. The minimum atomic E-state index is -0.205. The molecule has 1 aliphatic heterocycles. The van der Waals surface area contributed by atoms with Crippen LogP contribution in [0.3, 0.4) is 0 Å². The highest BCUT2D eigenvalue weighted by Gasteiger charge is 2.26. The molecule has 8 nitrogen and oxygen atoms in total. The van der Waals surface area contributed by atoms with E-state index >= 15 is 0 Å². The predicted molar refractivity (Wildman–Crippen MR) is 102 cm³/mol. The van der Waals surface area contributed by atoms with Crippen LogP contribution in [0.1, 0.15) is 13.3 Å².